The highest BCUT2D eigenvalue weighted by Gasteiger charge is 2.08. The van der Waals surface area contributed by atoms with Gasteiger partial charge in [0.15, 0.2) is 0 Å². The molecular formula is C22H19ClN4O. The van der Waals surface area contributed by atoms with Crippen LogP contribution in [0.2, 0.25) is 5.02 Å². The second-order valence-corrected chi connectivity index (χ2v) is 7.10. The molecule has 0 atom stereocenters. The topological polar surface area (TPSA) is 58.4 Å². The van der Waals surface area contributed by atoms with Crippen molar-refractivity contribution in [2.24, 2.45) is 0 Å². The third kappa shape index (κ3) is 3.70. The fourth-order valence-corrected chi connectivity index (χ4v) is 3.31. The van der Waals surface area contributed by atoms with Crippen molar-refractivity contribution in [3.8, 4) is 11.3 Å². The Morgan fingerprint density at radius 2 is 1.82 bits per heavy atom. The van der Waals surface area contributed by atoms with E-state index >= 15 is 0 Å². The summed E-state index contributed by atoms with van der Waals surface area (Å²) < 4.78 is 2.01. The molecule has 2 aromatic carbocycles. The predicted octanol–water partition coefficient (Wildman–Crippen LogP) is 5.92. The van der Waals surface area contributed by atoms with Crippen LogP contribution in [0.5, 0.6) is 0 Å². The Morgan fingerprint density at radius 3 is 2.54 bits per heavy atom. The molecule has 2 amide bonds. The zero-order valence-corrected chi connectivity index (χ0v) is 16.3. The highest BCUT2D eigenvalue weighted by molar-refractivity contribution is 6.33. The van der Waals surface area contributed by atoms with E-state index in [2.05, 4.69) is 10.6 Å². The minimum Gasteiger partial charge on any atom is -0.308 e. The van der Waals surface area contributed by atoms with E-state index < -0.39 is 0 Å². The Kier molecular flexibility index (Phi) is 4.75. The number of hydrogen-bond acceptors (Lipinski definition) is 2. The van der Waals surface area contributed by atoms with Crippen molar-refractivity contribution in [2.75, 3.05) is 10.6 Å². The van der Waals surface area contributed by atoms with Crippen LogP contribution in [0.4, 0.5) is 16.2 Å². The average Bonchev–Trinajstić information content (AvgIpc) is 3.10. The Morgan fingerprint density at radius 1 is 1.04 bits per heavy atom. The number of aromatic nitrogens is 2. The van der Waals surface area contributed by atoms with Crippen molar-refractivity contribution in [2.45, 2.75) is 13.8 Å². The monoisotopic (exact) mass is 390 g/mol. The van der Waals surface area contributed by atoms with Crippen LogP contribution in [0.3, 0.4) is 0 Å². The van der Waals surface area contributed by atoms with Crippen LogP contribution in [0.15, 0.2) is 67.0 Å². The lowest BCUT2D eigenvalue weighted by molar-refractivity contribution is 0.262. The van der Waals surface area contributed by atoms with Gasteiger partial charge in [0.2, 0.25) is 0 Å². The number of aryl methyl sites for hydroxylation is 2. The van der Waals surface area contributed by atoms with E-state index in [-0.39, 0.29) is 6.03 Å². The molecule has 4 rings (SSSR count). The molecule has 5 nitrogen and oxygen atoms in total. The molecule has 2 heterocycles. The van der Waals surface area contributed by atoms with E-state index in [4.69, 9.17) is 16.6 Å². The lowest BCUT2D eigenvalue weighted by Crippen LogP contribution is -2.19. The fraction of sp³-hybridized carbons (Fsp3) is 0.0909. The maximum Gasteiger partial charge on any atom is 0.323 e. The molecule has 0 unspecified atom stereocenters. The molecule has 2 aromatic heterocycles. The number of nitrogens with zero attached hydrogens (tertiary/aromatic N) is 2. The van der Waals surface area contributed by atoms with Crippen LogP contribution in [0, 0.1) is 13.8 Å². The number of urea groups is 1. The first kappa shape index (κ1) is 18.1. The Balaban J connectivity index is 1.48. The van der Waals surface area contributed by atoms with E-state index in [1.807, 2.05) is 79.2 Å². The van der Waals surface area contributed by atoms with Gasteiger partial charge in [-0.25, -0.2) is 9.78 Å². The number of benzene rings is 2. The van der Waals surface area contributed by atoms with E-state index in [0.29, 0.717) is 16.4 Å². The van der Waals surface area contributed by atoms with Crippen LogP contribution in [0.25, 0.3) is 16.9 Å². The predicted molar refractivity (Wildman–Crippen MR) is 114 cm³/mol. The number of anilines is 2. The molecule has 0 aliphatic heterocycles. The van der Waals surface area contributed by atoms with Gasteiger partial charge in [-0.15, -0.1) is 0 Å². The molecule has 0 aliphatic carbocycles. The van der Waals surface area contributed by atoms with Gasteiger partial charge in [-0.3, -0.25) is 0 Å². The van der Waals surface area contributed by atoms with Crippen molar-refractivity contribution >= 4 is 34.7 Å². The highest BCUT2D eigenvalue weighted by atomic mass is 35.5. The lowest BCUT2D eigenvalue weighted by atomic mass is 10.1. The van der Waals surface area contributed by atoms with Gasteiger partial charge in [-0.2, -0.15) is 0 Å². The fourth-order valence-electron chi connectivity index (χ4n) is 3.02. The zero-order valence-electron chi connectivity index (χ0n) is 15.5. The third-order valence-electron chi connectivity index (χ3n) is 4.49. The van der Waals surface area contributed by atoms with Crippen LogP contribution in [0.1, 0.15) is 11.1 Å². The van der Waals surface area contributed by atoms with E-state index in [1.165, 1.54) is 0 Å². The molecular weight excluding hydrogens is 372 g/mol. The minimum absolute atomic E-state index is 0.346. The van der Waals surface area contributed by atoms with Crippen molar-refractivity contribution in [1.82, 2.24) is 9.38 Å². The van der Waals surface area contributed by atoms with Crippen molar-refractivity contribution in [1.29, 1.82) is 0 Å². The summed E-state index contributed by atoms with van der Waals surface area (Å²) in [6, 6.07) is 16.8. The first-order valence-corrected chi connectivity index (χ1v) is 9.26. The molecule has 28 heavy (non-hydrogen) atoms. The summed E-state index contributed by atoms with van der Waals surface area (Å²) in [6.45, 7) is 3.99. The largest absolute Gasteiger partial charge is 0.323 e. The molecule has 2 N–H and O–H groups in total. The van der Waals surface area contributed by atoms with E-state index in [9.17, 15) is 4.79 Å². The number of rotatable bonds is 3. The number of fused-ring (bicyclic) bond motifs is 1. The van der Waals surface area contributed by atoms with Crippen LogP contribution < -0.4 is 10.6 Å². The highest BCUT2D eigenvalue weighted by Crippen LogP contribution is 2.24. The number of amides is 2. The lowest BCUT2D eigenvalue weighted by Gasteiger charge is -2.10. The Bertz CT molecular complexity index is 1170. The number of imidazole rings is 1. The molecule has 0 bridgehead atoms. The third-order valence-corrected chi connectivity index (χ3v) is 4.80. The molecule has 0 saturated carbocycles. The first-order chi connectivity index (χ1) is 13.5. The number of carbonyl (C=O) groups excluding carboxylic acids is 1. The molecule has 0 spiro atoms. The number of hydrogen-bond donors (Lipinski definition) is 2. The summed E-state index contributed by atoms with van der Waals surface area (Å²) in [7, 11) is 0. The summed E-state index contributed by atoms with van der Waals surface area (Å²) in [5.41, 5.74) is 6.22. The molecule has 4 aromatic rings. The maximum absolute atomic E-state index is 12.2. The van der Waals surface area contributed by atoms with Gasteiger partial charge < -0.3 is 15.0 Å². The van der Waals surface area contributed by atoms with Gasteiger partial charge in [0.25, 0.3) is 0 Å². The SMILES string of the molecule is Cc1ccc(NC(=O)Nc2ccc(-c3cn4cccc(C)c4n3)cc2)c(Cl)c1. The van der Waals surface area contributed by atoms with E-state index in [1.54, 1.807) is 6.07 Å². The van der Waals surface area contributed by atoms with Gasteiger partial charge in [0.05, 0.1) is 16.4 Å². The van der Waals surface area contributed by atoms with Gasteiger partial charge in [-0.1, -0.05) is 35.9 Å². The number of nitrogens with one attached hydrogen (secondary N) is 2. The van der Waals surface area contributed by atoms with Crippen molar-refractivity contribution < 1.29 is 4.79 Å². The quantitative estimate of drug-likeness (QED) is 0.456. The van der Waals surface area contributed by atoms with Gasteiger partial charge in [0.1, 0.15) is 5.65 Å². The Labute approximate surface area is 168 Å². The van der Waals surface area contributed by atoms with Crippen molar-refractivity contribution in [3.63, 3.8) is 0 Å². The first-order valence-electron chi connectivity index (χ1n) is 8.88. The summed E-state index contributed by atoms with van der Waals surface area (Å²) >= 11 is 6.16. The number of halogens is 1. The van der Waals surface area contributed by atoms with Crippen LogP contribution in [-0.4, -0.2) is 15.4 Å². The normalized spacial score (nSPS) is 10.8. The van der Waals surface area contributed by atoms with Gasteiger partial charge >= 0.3 is 6.03 Å². The molecule has 6 heteroatoms. The molecule has 0 radical (unpaired) electrons. The summed E-state index contributed by atoms with van der Waals surface area (Å²) in [5, 5.41) is 6.08. The number of carbonyl (C=O) groups is 1. The van der Waals surface area contributed by atoms with Crippen molar-refractivity contribution in [3.05, 3.63) is 83.1 Å². The van der Waals surface area contributed by atoms with Crippen LogP contribution >= 0.6 is 11.6 Å². The standard InChI is InChI=1S/C22H19ClN4O/c1-14-5-10-19(18(23)12-14)26-22(28)24-17-8-6-16(7-9-17)20-13-27-11-3-4-15(2)21(27)25-20/h3-13H,1-2H3,(H2,24,26,28). The molecule has 140 valence electrons. The second kappa shape index (κ2) is 7.37. The van der Waals surface area contributed by atoms with Gasteiger partial charge in [-0.05, 0) is 55.3 Å². The minimum atomic E-state index is -0.346. The summed E-state index contributed by atoms with van der Waals surface area (Å²) in [5.74, 6) is 0. The smallest absolute Gasteiger partial charge is 0.308 e. The molecule has 0 fully saturated rings. The van der Waals surface area contributed by atoms with E-state index in [0.717, 1.165) is 28.0 Å². The maximum atomic E-state index is 12.2. The molecule has 0 aliphatic rings. The second-order valence-electron chi connectivity index (χ2n) is 6.69. The molecule has 0 saturated heterocycles. The van der Waals surface area contributed by atoms with Gasteiger partial charge in [0, 0.05) is 23.6 Å². The summed E-state index contributed by atoms with van der Waals surface area (Å²) in [6.07, 6.45) is 3.98. The average molecular weight is 391 g/mol. The summed E-state index contributed by atoms with van der Waals surface area (Å²) in [4.78, 5) is 16.9. The zero-order chi connectivity index (χ0) is 19.7. The Hall–Kier alpha value is -3.31. The number of pyridine rings is 1. The van der Waals surface area contributed by atoms with Crippen LogP contribution in [-0.2, 0) is 0 Å².